The summed E-state index contributed by atoms with van der Waals surface area (Å²) in [6.07, 6.45) is 0. The fourth-order valence-electron chi connectivity index (χ4n) is 1.39. The average Bonchev–Trinajstić information content (AvgIpc) is 2.78. The second kappa shape index (κ2) is 4.14. The summed E-state index contributed by atoms with van der Waals surface area (Å²) in [5, 5.41) is 12.3. The molecule has 0 fully saturated rings. The Morgan fingerprint density at radius 3 is 2.81 bits per heavy atom. The third kappa shape index (κ3) is 1.79. The predicted molar refractivity (Wildman–Crippen MR) is 53.7 cm³/mol. The number of carbonyl (C=O) groups is 1. The van der Waals surface area contributed by atoms with E-state index in [0.29, 0.717) is 16.8 Å². The van der Waals surface area contributed by atoms with E-state index in [9.17, 15) is 9.18 Å². The highest BCUT2D eigenvalue weighted by Gasteiger charge is 2.14. The molecule has 2 aromatic rings. The minimum atomic E-state index is -1.20. The molecule has 1 heterocycles. The highest BCUT2D eigenvalue weighted by Crippen LogP contribution is 2.23. The highest BCUT2D eigenvalue weighted by atomic mass is 19.1. The number of aromatic carboxylic acids is 1. The number of alkyl halides is 1. The van der Waals surface area contributed by atoms with E-state index in [1.807, 2.05) is 0 Å². The van der Waals surface area contributed by atoms with E-state index < -0.39 is 12.6 Å². The summed E-state index contributed by atoms with van der Waals surface area (Å²) in [4.78, 5) is 10.6. The van der Waals surface area contributed by atoms with Crippen LogP contribution in [0.1, 0.15) is 16.1 Å². The summed E-state index contributed by atoms with van der Waals surface area (Å²) in [5.74, 6) is -1.46. The smallest absolute Gasteiger partial charge is 0.374 e. The number of nitrogens with zero attached hydrogens (tertiary/aromatic N) is 1. The summed E-state index contributed by atoms with van der Waals surface area (Å²) in [6, 6.07) is 7.99. The average molecular weight is 221 g/mol. The monoisotopic (exact) mass is 221 g/mol. The first kappa shape index (κ1) is 10.4. The molecule has 0 atom stereocenters. The van der Waals surface area contributed by atoms with Crippen molar-refractivity contribution in [1.29, 1.82) is 0 Å². The Balaban J connectivity index is 2.46. The molecule has 0 radical (unpaired) electrons. The van der Waals surface area contributed by atoms with Gasteiger partial charge < -0.3 is 9.63 Å². The van der Waals surface area contributed by atoms with E-state index in [0.717, 1.165) is 0 Å². The lowest BCUT2D eigenvalue weighted by atomic mass is 10.1. The molecule has 0 bridgehead atoms. The van der Waals surface area contributed by atoms with Crippen LogP contribution in [0.3, 0.4) is 0 Å². The van der Waals surface area contributed by atoms with Gasteiger partial charge in [-0.15, -0.1) is 0 Å². The van der Waals surface area contributed by atoms with Gasteiger partial charge in [0, 0.05) is 11.6 Å². The van der Waals surface area contributed by atoms with Gasteiger partial charge in [-0.3, -0.25) is 0 Å². The first-order valence-electron chi connectivity index (χ1n) is 4.56. The maximum atomic E-state index is 12.7. The van der Waals surface area contributed by atoms with Crippen LogP contribution < -0.4 is 0 Å². The molecule has 0 spiro atoms. The van der Waals surface area contributed by atoms with Gasteiger partial charge in [-0.2, -0.15) is 0 Å². The zero-order valence-corrected chi connectivity index (χ0v) is 8.18. The van der Waals surface area contributed by atoms with E-state index >= 15 is 0 Å². The Bertz CT molecular complexity index is 521. The molecule has 0 amide bonds. The van der Waals surface area contributed by atoms with Crippen LogP contribution in [-0.2, 0) is 6.67 Å². The van der Waals surface area contributed by atoms with Gasteiger partial charge in [0.1, 0.15) is 12.4 Å². The van der Waals surface area contributed by atoms with Gasteiger partial charge in [-0.05, 0) is 5.56 Å². The molecule has 0 unspecified atom stereocenters. The van der Waals surface area contributed by atoms with Crippen molar-refractivity contribution in [2.45, 2.75) is 6.67 Å². The predicted octanol–water partition coefficient (Wildman–Crippen LogP) is 2.51. The van der Waals surface area contributed by atoms with E-state index in [1.165, 1.54) is 6.07 Å². The van der Waals surface area contributed by atoms with E-state index in [4.69, 9.17) is 5.11 Å². The zero-order valence-electron chi connectivity index (χ0n) is 8.18. The van der Waals surface area contributed by atoms with Gasteiger partial charge in [-0.1, -0.05) is 29.4 Å². The molecule has 0 aliphatic carbocycles. The summed E-state index contributed by atoms with van der Waals surface area (Å²) >= 11 is 0. The molecule has 1 aromatic heterocycles. The molecule has 82 valence electrons. The van der Waals surface area contributed by atoms with Crippen molar-refractivity contribution in [2.75, 3.05) is 0 Å². The largest absolute Gasteiger partial charge is 0.475 e. The van der Waals surface area contributed by atoms with Crippen molar-refractivity contribution in [1.82, 2.24) is 5.16 Å². The Labute approximate surface area is 90.3 Å². The quantitative estimate of drug-likeness (QED) is 0.864. The van der Waals surface area contributed by atoms with Crippen LogP contribution in [0.25, 0.3) is 11.3 Å². The van der Waals surface area contributed by atoms with Crippen molar-refractivity contribution in [3.8, 4) is 11.3 Å². The molecule has 5 heteroatoms. The van der Waals surface area contributed by atoms with Gasteiger partial charge in [0.2, 0.25) is 5.76 Å². The molecular formula is C11H8FNO3. The molecule has 2 rings (SSSR count). The third-order valence-electron chi connectivity index (χ3n) is 2.16. The minimum Gasteiger partial charge on any atom is -0.475 e. The van der Waals surface area contributed by atoms with Gasteiger partial charge in [-0.25, -0.2) is 9.18 Å². The summed E-state index contributed by atoms with van der Waals surface area (Å²) in [6.45, 7) is -0.633. The SMILES string of the molecule is O=C(O)c1cc(-c2ccccc2CF)no1. The molecular weight excluding hydrogens is 213 g/mol. The van der Waals surface area contributed by atoms with Gasteiger partial charge >= 0.3 is 5.97 Å². The number of aromatic nitrogens is 1. The lowest BCUT2D eigenvalue weighted by Crippen LogP contribution is -1.91. The second-order valence-electron chi connectivity index (χ2n) is 3.17. The zero-order chi connectivity index (χ0) is 11.5. The fraction of sp³-hybridized carbons (Fsp3) is 0.0909. The van der Waals surface area contributed by atoms with E-state index in [-0.39, 0.29) is 5.76 Å². The van der Waals surface area contributed by atoms with Crippen molar-refractivity contribution in [3.05, 3.63) is 41.7 Å². The Morgan fingerprint density at radius 2 is 2.19 bits per heavy atom. The Kier molecular flexibility index (Phi) is 2.68. The van der Waals surface area contributed by atoms with Crippen molar-refractivity contribution in [2.24, 2.45) is 0 Å². The van der Waals surface area contributed by atoms with Crippen LogP contribution in [0.15, 0.2) is 34.9 Å². The highest BCUT2D eigenvalue weighted by molar-refractivity contribution is 5.85. The van der Waals surface area contributed by atoms with Crippen LogP contribution in [0.5, 0.6) is 0 Å². The normalized spacial score (nSPS) is 10.3. The topological polar surface area (TPSA) is 63.3 Å². The molecule has 4 nitrogen and oxygen atoms in total. The van der Waals surface area contributed by atoms with Crippen molar-refractivity contribution in [3.63, 3.8) is 0 Å². The molecule has 0 aliphatic heterocycles. The number of rotatable bonds is 3. The van der Waals surface area contributed by atoms with Crippen LogP contribution >= 0.6 is 0 Å². The summed E-state index contributed by atoms with van der Waals surface area (Å²) < 4.78 is 17.3. The van der Waals surface area contributed by atoms with Gasteiger partial charge in [0.05, 0.1) is 0 Å². The maximum absolute atomic E-state index is 12.7. The summed E-state index contributed by atoms with van der Waals surface area (Å²) in [7, 11) is 0. The number of halogens is 1. The minimum absolute atomic E-state index is 0.260. The van der Waals surface area contributed by atoms with Crippen LogP contribution in [0.2, 0.25) is 0 Å². The first-order chi connectivity index (χ1) is 7.72. The lowest BCUT2D eigenvalue weighted by Gasteiger charge is -2.00. The third-order valence-corrected chi connectivity index (χ3v) is 2.16. The van der Waals surface area contributed by atoms with Crippen LogP contribution in [-0.4, -0.2) is 16.2 Å². The molecule has 0 saturated heterocycles. The second-order valence-corrected chi connectivity index (χ2v) is 3.17. The first-order valence-corrected chi connectivity index (χ1v) is 4.56. The van der Waals surface area contributed by atoms with Crippen molar-refractivity contribution < 1.29 is 18.8 Å². The standard InChI is InChI=1S/C11H8FNO3/c12-6-7-3-1-2-4-8(7)9-5-10(11(14)15)16-13-9/h1-5H,6H2,(H,14,15). The van der Waals surface area contributed by atoms with Gasteiger partial charge in [0.15, 0.2) is 0 Å². The number of hydrogen-bond acceptors (Lipinski definition) is 3. The van der Waals surface area contributed by atoms with Gasteiger partial charge in [0.25, 0.3) is 0 Å². The maximum Gasteiger partial charge on any atom is 0.374 e. The van der Waals surface area contributed by atoms with E-state index in [1.54, 1.807) is 24.3 Å². The lowest BCUT2D eigenvalue weighted by molar-refractivity contribution is 0.0652. The Hall–Kier alpha value is -2.17. The van der Waals surface area contributed by atoms with Crippen LogP contribution in [0.4, 0.5) is 4.39 Å². The number of benzene rings is 1. The van der Waals surface area contributed by atoms with Crippen LogP contribution in [0, 0.1) is 0 Å². The molecule has 0 aliphatic rings. The molecule has 1 N–H and O–H groups in total. The molecule has 16 heavy (non-hydrogen) atoms. The molecule has 0 saturated carbocycles. The van der Waals surface area contributed by atoms with E-state index in [2.05, 4.69) is 9.68 Å². The number of hydrogen-bond donors (Lipinski definition) is 1. The number of carboxylic acid groups (broad SMARTS) is 1. The molecule has 1 aromatic carbocycles. The fourth-order valence-corrected chi connectivity index (χ4v) is 1.39. The summed E-state index contributed by atoms with van der Waals surface area (Å²) in [5.41, 5.74) is 1.32. The van der Waals surface area contributed by atoms with Crippen molar-refractivity contribution >= 4 is 5.97 Å². The number of carboxylic acids is 1. The Morgan fingerprint density at radius 1 is 1.44 bits per heavy atom.